The molecule has 5 nitrogen and oxygen atoms in total. The number of hydrogen-bond donors (Lipinski definition) is 1. The fourth-order valence-corrected chi connectivity index (χ4v) is 3.10. The van der Waals surface area contributed by atoms with E-state index in [0.29, 0.717) is 11.6 Å². The van der Waals surface area contributed by atoms with Crippen molar-refractivity contribution < 1.29 is 14.3 Å². The third kappa shape index (κ3) is 3.22. The first-order valence-electron chi connectivity index (χ1n) is 8.53. The summed E-state index contributed by atoms with van der Waals surface area (Å²) in [6, 6.07) is 13.8. The molecule has 128 valence electrons. The summed E-state index contributed by atoms with van der Waals surface area (Å²) < 4.78 is 5.19. The highest BCUT2D eigenvalue weighted by Crippen LogP contribution is 2.29. The number of likely N-dealkylation sites (N-methyl/N-ethyl adjacent to an activating group) is 1. The normalized spacial score (nSPS) is 14.0. The molecule has 0 spiro atoms. The molecule has 0 saturated heterocycles. The van der Waals surface area contributed by atoms with E-state index in [2.05, 4.69) is 4.98 Å². The number of fused-ring (bicyclic) bond motifs is 3. The molecule has 1 saturated carbocycles. The molecule has 0 unspecified atom stereocenters. The zero-order chi connectivity index (χ0) is 17.4. The van der Waals surface area contributed by atoms with Gasteiger partial charge in [-0.15, -0.1) is 0 Å². The van der Waals surface area contributed by atoms with E-state index in [1.807, 2.05) is 36.4 Å². The van der Waals surface area contributed by atoms with Gasteiger partial charge < -0.3 is 14.6 Å². The first kappa shape index (κ1) is 15.7. The highest BCUT2D eigenvalue weighted by atomic mass is 16.5. The van der Waals surface area contributed by atoms with Crippen molar-refractivity contribution in [2.75, 3.05) is 20.2 Å². The van der Waals surface area contributed by atoms with E-state index in [4.69, 9.17) is 4.74 Å². The van der Waals surface area contributed by atoms with Gasteiger partial charge in [-0.1, -0.05) is 30.3 Å². The van der Waals surface area contributed by atoms with Gasteiger partial charge in [0, 0.05) is 24.5 Å². The summed E-state index contributed by atoms with van der Waals surface area (Å²) in [6.07, 6.45) is 2.36. The van der Waals surface area contributed by atoms with Gasteiger partial charge in [0.05, 0.1) is 0 Å². The van der Waals surface area contributed by atoms with Gasteiger partial charge in [0.15, 0.2) is 6.61 Å². The molecule has 1 N–H and O–H groups in total. The van der Waals surface area contributed by atoms with Crippen molar-refractivity contribution in [3.05, 3.63) is 48.2 Å². The Balaban J connectivity index is 1.48. The monoisotopic (exact) mass is 336 g/mol. The number of H-pyrrole nitrogens is 1. The van der Waals surface area contributed by atoms with E-state index < -0.39 is 5.97 Å². The number of hydrogen-bond acceptors (Lipinski definition) is 3. The summed E-state index contributed by atoms with van der Waals surface area (Å²) in [5.41, 5.74) is 1.24. The predicted octanol–water partition coefficient (Wildman–Crippen LogP) is 3.35. The lowest BCUT2D eigenvalue weighted by atomic mass is 10.1. The molecule has 5 heteroatoms. The van der Waals surface area contributed by atoms with Gasteiger partial charge >= 0.3 is 5.97 Å². The second-order valence-corrected chi connectivity index (χ2v) is 6.72. The Morgan fingerprint density at radius 2 is 1.96 bits per heavy atom. The van der Waals surface area contributed by atoms with Gasteiger partial charge in [0.2, 0.25) is 0 Å². The fraction of sp³-hybridized carbons (Fsp3) is 0.300. The van der Waals surface area contributed by atoms with Crippen LogP contribution in [0.5, 0.6) is 0 Å². The highest BCUT2D eigenvalue weighted by Gasteiger charge is 2.25. The number of aromatic amines is 1. The van der Waals surface area contributed by atoms with Crippen molar-refractivity contribution in [1.82, 2.24) is 9.88 Å². The van der Waals surface area contributed by atoms with Crippen LogP contribution in [0.15, 0.2) is 42.5 Å². The molecular weight excluding hydrogens is 316 g/mol. The third-order valence-corrected chi connectivity index (χ3v) is 4.73. The lowest BCUT2D eigenvalue weighted by molar-refractivity contribution is -0.133. The summed E-state index contributed by atoms with van der Waals surface area (Å²) >= 11 is 0. The minimum atomic E-state index is -0.506. The Hall–Kier alpha value is -2.82. The highest BCUT2D eigenvalue weighted by molar-refractivity contribution is 6.09. The van der Waals surface area contributed by atoms with Gasteiger partial charge in [-0.2, -0.15) is 0 Å². The molecule has 2 aromatic carbocycles. The van der Waals surface area contributed by atoms with Gasteiger partial charge in [-0.25, -0.2) is 4.79 Å². The summed E-state index contributed by atoms with van der Waals surface area (Å²) in [7, 11) is 1.75. The number of nitrogens with zero attached hydrogens (tertiary/aromatic N) is 1. The molecule has 0 bridgehead atoms. The van der Waals surface area contributed by atoms with E-state index in [1.54, 1.807) is 18.0 Å². The lowest BCUT2D eigenvalue weighted by Crippen LogP contribution is -2.32. The standard InChI is InChI=1S/C20H20N2O3/c1-22(11-13-6-7-13)19(23)12-25-20(24)18-10-16-15-5-3-2-4-14(15)8-9-17(16)21-18/h2-5,8-10,13,21H,6-7,11-12H2,1H3. The molecule has 4 rings (SSSR count). The number of aromatic nitrogens is 1. The van der Waals surface area contributed by atoms with Crippen molar-refractivity contribution in [3.63, 3.8) is 0 Å². The minimum absolute atomic E-state index is 0.165. The van der Waals surface area contributed by atoms with Crippen molar-refractivity contribution in [3.8, 4) is 0 Å². The first-order chi connectivity index (χ1) is 12.1. The molecular formula is C20H20N2O3. The van der Waals surface area contributed by atoms with Crippen LogP contribution in [-0.4, -0.2) is 42.0 Å². The average Bonchev–Trinajstić information content (AvgIpc) is 3.33. The van der Waals surface area contributed by atoms with E-state index in [-0.39, 0.29) is 12.5 Å². The number of amides is 1. The summed E-state index contributed by atoms with van der Waals surface area (Å²) in [5.74, 6) is -0.0538. The third-order valence-electron chi connectivity index (χ3n) is 4.73. The van der Waals surface area contributed by atoms with E-state index in [0.717, 1.165) is 28.2 Å². The Labute approximate surface area is 145 Å². The zero-order valence-electron chi connectivity index (χ0n) is 14.1. The Kier molecular flexibility index (Phi) is 3.92. The van der Waals surface area contributed by atoms with Crippen LogP contribution in [-0.2, 0) is 9.53 Å². The maximum absolute atomic E-state index is 12.3. The molecule has 0 aliphatic heterocycles. The van der Waals surface area contributed by atoms with Gasteiger partial charge in [0.1, 0.15) is 5.69 Å². The van der Waals surface area contributed by atoms with Crippen LogP contribution in [0, 0.1) is 5.92 Å². The average molecular weight is 336 g/mol. The van der Waals surface area contributed by atoms with Crippen LogP contribution >= 0.6 is 0 Å². The number of benzene rings is 2. The zero-order valence-corrected chi connectivity index (χ0v) is 14.1. The quantitative estimate of drug-likeness (QED) is 0.727. The van der Waals surface area contributed by atoms with Crippen LogP contribution < -0.4 is 0 Å². The molecule has 25 heavy (non-hydrogen) atoms. The van der Waals surface area contributed by atoms with Crippen LogP contribution in [0.1, 0.15) is 23.3 Å². The van der Waals surface area contributed by atoms with E-state index >= 15 is 0 Å². The van der Waals surface area contributed by atoms with E-state index in [1.165, 1.54) is 12.8 Å². The van der Waals surface area contributed by atoms with Crippen molar-refractivity contribution in [2.45, 2.75) is 12.8 Å². The molecule has 3 aromatic rings. The number of ether oxygens (including phenoxy) is 1. The summed E-state index contributed by atoms with van der Waals surface area (Å²) in [6.45, 7) is 0.521. The molecule has 1 fully saturated rings. The number of rotatable bonds is 5. The van der Waals surface area contributed by atoms with Gasteiger partial charge in [0.25, 0.3) is 5.91 Å². The molecule has 1 amide bonds. The fourth-order valence-electron chi connectivity index (χ4n) is 3.10. The minimum Gasteiger partial charge on any atom is -0.451 e. The molecule has 1 aromatic heterocycles. The summed E-state index contributed by atoms with van der Waals surface area (Å²) in [4.78, 5) is 29.0. The lowest BCUT2D eigenvalue weighted by Gasteiger charge is -2.16. The van der Waals surface area contributed by atoms with Crippen LogP contribution in [0.2, 0.25) is 0 Å². The number of esters is 1. The van der Waals surface area contributed by atoms with Crippen molar-refractivity contribution in [1.29, 1.82) is 0 Å². The maximum Gasteiger partial charge on any atom is 0.355 e. The molecule has 1 aliphatic rings. The van der Waals surface area contributed by atoms with Crippen molar-refractivity contribution in [2.24, 2.45) is 5.92 Å². The topological polar surface area (TPSA) is 62.4 Å². The number of nitrogens with one attached hydrogen (secondary N) is 1. The van der Waals surface area contributed by atoms with Crippen LogP contribution in [0.3, 0.4) is 0 Å². The maximum atomic E-state index is 12.3. The van der Waals surface area contributed by atoms with Gasteiger partial charge in [-0.3, -0.25) is 4.79 Å². The van der Waals surface area contributed by atoms with Crippen molar-refractivity contribution >= 4 is 33.6 Å². The second-order valence-electron chi connectivity index (χ2n) is 6.72. The molecule has 1 heterocycles. The van der Waals surface area contributed by atoms with E-state index in [9.17, 15) is 9.59 Å². The Morgan fingerprint density at radius 3 is 2.76 bits per heavy atom. The smallest absolute Gasteiger partial charge is 0.355 e. The van der Waals surface area contributed by atoms with Crippen LogP contribution in [0.4, 0.5) is 0 Å². The summed E-state index contributed by atoms with van der Waals surface area (Å²) in [5, 5.41) is 3.17. The molecule has 0 atom stereocenters. The first-order valence-corrected chi connectivity index (χ1v) is 8.53. The molecule has 1 aliphatic carbocycles. The largest absolute Gasteiger partial charge is 0.451 e. The SMILES string of the molecule is CN(CC1CC1)C(=O)COC(=O)c1cc2c(ccc3ccccc32)[nH]1. The second kappa shape index (κ2) is 6.24. The van der Waals surface area contributed by atoms with Gasteiger partial charge in [-0.05, 0) is 41.7 Å². The predicted molar refractivity (Wildman–Crippen MR) is 96.4 cm³/mol. The van der Waals surface area contributed by atoms with Crippen LogP contribution in [0.25, 0.3) is 21.7 Å². The number of carbonyl (C=O) groups excluding carboxylic acids is 2. The number of carbonyl (C=O) groups is 2. The Morgan fingerprint density at radius 1 is 1.16 bits per heavy atom. The Bertz CT molecular complexity index is 956. The molecule has 0 radical (unpaired) electrons.